The molecule has 1 aliphatic carbocycles. The maximum absolute atomic E-state index is 12.7. The number of hydrogen-bond donors (Lipinski definition) is 0. The van der Waals surface area contributed by atoms with Gasteiger partial charge >= 0.3 is 0 Å². The normalized spacial score (nSPS) is 28.6. The predicted molar refractivity (Wildman–Crippen MR) is 78.1 cm³/mol. The van der Waals surface area contributed by atoms with Crippen molar-refractivity contribution in [1.82, 2.24) is 0 Å². The largest absolute Gasteiger partial charge is 0.254 e. The molecule has 0 spiro atoms. The number of benzene rings is 1. The minimum absolute atomic E-state index is 0.00593. The topological polar surface area (TPSA) is 40.9 Å². The minimum Gasteiger partial charge on any atom is -0.254 e. The molecule has 0 aliphatic heterocycles. The first kappa shape index (κ1) is 14.3. The second kappa shape index (κ2) is 6.34. The van der Waals surface area contributed by atoms with Crippen LogP contribution in [0.15, 0.2) is 29.2 Å². The lowest BCUT2D eigenvalue weighted by Crippen LogP contribution is -2.32. The van der Waals surface area contributed by atoms with E-state index < -0.39 is 10.8 Å². The summed E-state index contributed by atoms with van der Waals surface area (Å²) < 4.78 is 12.7. The van der Waals surface area contributed by atoms with Crippen molar-refractivity contribution in [2.24, 2.45) is 11.8 Å². The smallest absolute Gasteiger partial charge is 0.0668 e. The summed E-state index contributed by atoms with van der Waals surface area (Å²) in [6.07, 6.45) is 4.06. The van der Waals surface area contributed by atoms with Crippen LogP contribution in [0.4, 0.5) is 0 Å². The zero-order valence-electron chi connectivity index (χ0n) is 11.6. The van der Waals surface area contributed by atoms with Gasteiger partial charge in [0.15, 0.2) is 0 Å². The molecule has 1 aromatic rings. The molecule has 0 aromatic heterocycles. The third-order valence-electron chi connectivity index (χ3n) is 4.17. The van der Waals surface area contributed by atoms with Gasteiger partial charge in [0.05, 0.1) is 28.0 Å². The van der Waals surface area contributed by atoms with Crippen LogP contribution < -0.4 is 0 Å². The van der Waals surface area contributed by atoms with Gasteiger partial charge in [-0.2, -0.15) is 5.26 Å². The molecule has 0 N–H and O–H groups in total. The molecule has 1 fully saturated rings. The van der Waals surface area contributed by atoms with Crippen molar-refractivity contribution < 1.29 is 4.21 Å². The Labute approximate surface area is 118 Å². The summed E-state index contributed by atoms with van der Waals surface area (Å²) in [7, 11) is -1.05. The first-order valence-corrected chi connectivity index (χ1v) is 8.23. The van der Waals surface area contributed by atoms with E-state index in [4.69, 9.17) is 0 Å². The van der Waals surface area contributed by atoms with Crippen LogP contribution in [0.25, 0.3) is 0 Å². The molecule has 2 rings (SSSR count). The van der Waals surface area contributed by atoms with Crippen LogP contribution in [0.2, 0.25) is 0 Å². The van der Waals surface area contributed by atoms with E-state index in [0.717, 1.165) is 30.6 Å². The fourth-order valence-corrected chi connectivity index (χ4v) is 4.51. The molecule has 0 amide bonds. The number of nitriles is 1. The van der Waals surface area contributed by atoms with Gasteiger partial charge in [-0.3, -0.25) is 4.21 Å². The minimum atomic E-state index is -1.05. The van der Waals surface area contributed by atoms with Gasteiger partial charge in [-0.05, 0) is 44.2 Å². The van der Waals surface area contributed by atoms with Gasteiger partial charge < -0.3 is 0 Å². The number of hydrogen-bond acceptors (Lipinski definition) is 2. The van der Waals surface area contributed by atoms with Crippen molar-refractivity contribution in [2.45, 2.75) is 49.7 Å². The van der Waals surface area contributed by atoms with Crippen molar-refractivity contribution in [3.63, 3.8) is 0 Å². The highest BCUT2D eigenvalue weighted by molar-refractivity contribution is 7.85. The third-order valence-corrected chi connectivity index (χ3v) is 5.98. The van der Waals surface area contributed by atoms with Crippen LogP contribution in [-0.2, 0) is 10.8 Å². The summed E-state index contributed by atoms with van der Waals surface area (Å²) in [5.41, 5.74) is 1.17. The lowest BCUT2D eigenvalue weighted by Gasteiger charge is -2.31. The second-order valence-corrected chi connectivity index (χ2v) is 7.14. The Bertz CT molecular complexity index is 488. The molecule has 3 heteroatoms. The van der Waals surface area contributed by atoms with Crippen molar-refractivity contribution in [2.75, 3.05) is 0 Å². The monoisotopic (exact) mass is 275 g/mol. The molecular weight excluding hydrogens is 254 g/mol. The van der Waals surface area contributed by atoms with E-state index in [2.05, 4.69) is 13.0 Å². The molecule has 19 heavy (non-hydrogen) atoms. The molecular formula is C16H21NOS. The van der Waals surface area contributed by atoms with Crippen LogP contribution in [0, 0.1) is 30.1 Å². The Kier molecular flexibility index (Phi) is 4.76. The summed E-state index contributed by atoms with van der Waals surface area (Å²) in [4.78, 5) is 0.868. The van der Waals surface area contributed by atoms with Gasteiger partial charge in [0.1, 0.15) is 0 Å². The Balaban J connectivity index is 2.19. The standard InChI is InChI=1S/C16H21NOS/c1-3-13-6-7-14(11-17)16(10-13)19(18)15-8-4-12(2)5-9-15/h4-5,8-9,13-14,16H,3,6-7,10H2,1-2H3. The van der Waals surface area contributed by atoms with E-state index >= 15 is 0 Å². The number of rotatable bonds is 3. The first-order valence-electron chi connectivity index (χ1n) is 7.02. The van der Waals surface area contributed by atoms with Crippen LogP contribution in [0.5, 0.6) is 0 Å². The SMILES string of the molecule is CCC1CCC(C#N)C(S(=O)c2ccc(C)cc2)C1. The molecule has 0 saturated heterocycles. The summed E-state index contributed by atoms with van der Waals surface area (Å²) in [5, 5.41) is 9.28. The maximum Gasteiger partial charge on any atom is 0.0668 e. The highest BCUT2D eigenvalue weighted by atomic mass is 32.2. The average molecular weight is 275 g/mol. The van der Waals surface area contributed by atoms with E-state index in [-0.39, 0.29) is 11.2 Å². The molecule has 1 aromatic carbocycles. The van der Waals surface area contributed by atoms with E-state index in [9.17, 15) is 9.47 Å². The molecule has 0 radical (unpaired) electrons. The second-order valence-electron chi connectivity index (χ2n) is 5.47. The zero-order chi connectivity index (χ0) is 13.8. The fraction of sp³-hybridized carbons (Fsp3) is 0.562. The van der Waals surface area contributed by atoms with E-state index in [1.807, 2.05) is 31.2 Å². The Morgan fingerprint density at radius 3 is 2.58 bits per heavy atom. The molecule has 4 atom stereocenters. The summed E-state index contributed by atoms with van der Waals surface area (Å²) >= 11 is 0. The Morgan fingerprint density at radius 1 is 1.32 bits per heavy atom. The van der Waals surface area contributed by atoms with Crippen molar-refractivity contribution >= 4 is 10.8 Å². The van der Waals surface area contributed by atoms with Crippen molar-refractivity contribution in [3.8, 4) is 6.07 Å². The van der Waals surface area contributed by atoms with Crippen LogP contribution in [0.3, 0.4) is 0 Å². The van der Waals surface area contributed by atoms with Gasteiger partial charge in [0, 0.05) is 4.90 Å². The highest BCUT2D eigenvalue weighted by Crippen LogP contribution is 2.35. The van der Waals surface area contributed by atoms with Crippen molar-refractivity contribution in [3.05, 3.63) is 29.8 Å². The van der Waals surface area contributed by atoms with Crippen LogP contribution in [0.1, 0.15) is 38.2 Å². The van der Waals surface area contributed by atoms with E-state index in [1.54, 1.807) is 0 Å². The highest BCUT2D eigenvalue weighted by Gasteiger charge is 2.34. The first-order chi connectivity index (χ1) is 9.15. The quantitative estimate of drug-likeness (QED) is 0.841. The predicted octanol–water partition coefficient (Wildman–Crippen LogP) is 3.82. The molecule has 102 valence electrons. The zero-order valence-corrected chi connectivity index (χ0v) is 12.5. The Hall–Kier alpha value is -1.14. The maximum atomic E-state index is 12.7. The number of aryl methyl sites for hydroxylation is 1. The van der Waals surface area contributed by atoms with Gasteiger partial charge in [0.25, 0.3) is 0 Å². The van der Waals surface area contributed by atoms with E-state index in [1.165, 1.54) is 5.56 Å². The third kappa shape index (κ3) is 3.25. The van der Waals surface area contributed by atoms with E-state index in [0.29, 0.717) is 5.92 Å². The molecule has 0 bridgehead atoms. The number of nitrogens with zero attached hydrogens (tertiary/aromatic N) is 1. The van der Waals surface area contributed by atoms with Gasteiger partial charge in [0.2, 0.25) is 0 Å². The fourth-order valence-electron chi connectivity index (χ4n) is 2.81. The summed E-state index contributed by atoms with van der Waals surface area (Å²) in [6.45, 7) is 4.21. The lowest BCUT2D eigenvalue weighted by atomic mass is 9.81. The lowest BCUT2D eigenvalue weighted by molar-refractivity contribution is 0.313. The van der Waals surface area contributed by atoms with Gasteiger partial charge in [-0.15, -0.1) is 0 Å². The van der Waals surface area contributed by atoms with Crippen molar-refractivity contribution in [1.29, 1.82) is 5.26 Å². The van der Waals surface area contributed by atoms with Crippen LogP contribution >= 0.6 is 0 Å². The molecule has 0 heterocycles. The molecule has 2 nitrogen and oxygen atoms in total. The molecule has 1 aliphatic rings. The Morgan fingerprint density at radius 2 is 2.00 bits per heavy atom. The van der Waals surface area contributed by atoms with Gasteiger partial charge in [-0.1, -0.05) is 31.0 Å². The van der Waals surface area contributed by atoms with Crippen LogP contribution in [-0.4, -0.2) is 9.46 Å². The molecule has 1 saturated carbocycles. The van der Waals surface area contributed by atoms with Gasteiger partial charge in [-0.25, -0.2) is 0 Å². The summed E-state index contributed by atoms with van der Waals surface area (Å²) in [6, 6.07) is 10.2. The summed E-state index contributed by atoms with van der Waals surface area (Å²) in [5.74, 6) is 0.578. The average Bonchev–Trinajstić information content (AvgIpc) is 2.46. The molecule has 4 unspecified atom stereocenters.